The summed E-state index contributed by atoms with van der Waals surface area (Å²) in [6, 6.07) is 8.89. The van der Waals surface area contributed by atoms with Crippen LogP contribution in [-0.4, -0.2) is 32.7 Å². The molecule has 0 aliphatic heterocycles. The smallest absolute Gasteiger partial charge is 0.342 e. The van der Waals surface area contributed by atoms with Crippen LogP contribution in [0.3, 0.4) is 0 Å². The van der Waals surface area contributed by atoms with Gasteiger partial charge in [0.25, 0.3) is 5.91 Å². The molecule has 2 aromatic carbocycles. The number of carbonyl (C=O) groups is 2. The van der Waals surface area contributed by atoms with Gasteiger partial charge in [0.15, 0.2) is 6.61 Å². The molecule has 0 saturated heterocycles. The van der Waals surface area contributed by atoms with E-state index in [0.717, 1.165) is 0 Å². The second-order valence-electron chi connectivity index (χ2n) is 5.15. The maximum absolute atomic E-state index is 13.4. The summed E-state index contributed by atoms with van der Waals surface area (Å²) in [5, 5.41) is 2.46. The predicted octanol–water partition coefficient (Wildman–Crippen LogP) is 2.95. The van der Waals surface area contributed by atoms with Gasteiger partial charge >= 0.3 is 5.97 Å². The zero-order valence-electron chi connectivity index (χ0n) is 14.1. The number of methoxy groups -OCH3 is 2. The summed E-state index contributed by atoms with van der Waals surface area (Å²) >= 11 is 0. The van der Waals surface area contributed by atoms with Crippen molar-refractivity contribution in [3.8, 4) is 11.5 Å². The quantitative estimate of drug-likeness (QED) is 0.813. The molecule has 0 atom stereocenters. The minimum absolute atomic E-state index is 0.164. The number of aryl methyl sites for hydroxylation is 1. The molecule has 25 heavy (non-hydrogen) atoms. The van der Waals surface area contributed by atoms with Crippen molar-refractivity contribution < 1.29 is 28.2 Å². The van der Waals surface area contributed by atoms with Crippen molar-refractivity contribution in [2.24, 2.45) is 0 Å². The van der Waals surface area contributed by atoms with Gasteiger partial charge in [-0.15, -0.1) is 0 Å². The molecule has 0 unspecified atom stereocenters. The Morgan fingerprint density at radius 1 is 1.08 bits per heavy atom. The lowest BCUT2D eigenvalue weighted by Crippen LogP contribution is -2.21. The average Bonchev–Trinajstić information content (AvgIpc) is 2.62. The summed E-state index contributed by atoms with van der Waals surface area (Å²) in [7, 11) is 2.90. The molecule has 0 heterocycles. The molecule has 0 bridgehead atoms. The molecule has 0 radical (unpaired) electrons. The van der Waals surface area contributed by atoms with Gasteiger partial charge in [-0.3, -0.25) is 4.79 Å². The van der Waals surface area contributed by atoms with E-state index in [1.807, 2.05) is 0 Å². The van der Waals surface area contributed by atoms with Crippen molar-refractivity contribution in [2.45, 2.75) is 6.92 Å². The van der Waals surface area contributed by atoms with Crippen molar-refractivity contribution in [3.05, 3.63) is 53.3 Å². The summed E-state index contributed by atoms with van der Waals surface area (Å²) in [5.41, 5.74) is 0.916. The number of ether oxygens (including phenoxy) is 3. The van der Waals surface area contributed by atoms with E-state index >= 15 is 0 Å². The number of anilines is 1. The second-order valence-corrected chi connectivity index (χ2v) is 5.15. The number of nitrogens with one attached hydrogen (secondary N) is 1. The molecule has 0 fully saturated rings. The molecule has 0 aromatic heterocycles. The average molecular weight is 347 g/mol. The van der Waals surface area contributed by atoms with E-state index in [1.54, 1.807) is 25.1 Å². The molecular formula is C18H18FNO5. The van der Waals surface area contributed by atoms with Crippen molar-refractivity contribution in [3.63, 3.8) is 0 Å². The number of benzene rings is 2. The third kappa shape index (κ3) is 4.69. The van der Waals surface area contributed by atoms with Crippen LogP contribution in [0.4, 0.5) is 10.1 Å². The van der Waals surface area contributed by atoms with E-state index in [-0.39, 0.29) is 17.0 Å². The normalized spacial score (nSPS) is 10.1. The van der Waals surface area contributed by atoms with Crippen LogP contribution >= 0.6 is 0 Å². The molecule has 132 valence electrons. The van der Waals surface area contributed by atoms with E-state index in [4.69, 9.17) is 14.2 Å². The number of amides is 1. The van der Waals surface area contributed by atoms with Crippen LogP contribution in [0.15, 0.2) is 36.4 Å². The fourth-order valence-corrected chi connectivity index (χ4v) is 2.04. The largest absolute Gasteiger partial charge is 0.497 e. The Hall–Kier alpha value is -3.09. The minimum Gasteiger partial charge on any atom is -0.497 e. The Balaban J connectivity index is 1.97. The first-order valence-corrected chi connectivity index (χ1v) is 7.39. The molecule has 6 nitrogen and oxygen atoms in total. The standard InChI is InChI=1S/C18H18FNO5/c1-11-4-5-12(8-15(11)19)20-17(21)10-25-18(22)14-7-6-13(23-2)9-16(14)24-3/h4-9H,10H2,1-3H3,(H,20,21). The highest BCUT2D eigenvalue weighted by molar-refractivity contribution is 5.96. The van der Waals surface area contributed by atoms with Crippen LogP contribution in [0.2, 0.25) is 0 Å². The SMILES string of the molecule is COc1ccc(C(=O)OCC(=O)Nc2ccc(C)c(F)c2)c(OC)c1. The molecule has 0 spiro atoms. The summed E-state index contributed by atoms with van der Waals surface area (Å²) in [6.45, 7) is 1.11. The number of halogens is 1. The lowest BCUT2D eigenvalue weighted by molar-refractivity contribution is -0.119. The number of hydrogen-bond donors (Lipinski definition) is 1. The molecule has 1 amide bonds. The van der Waals surface area contributed by atoms with Crippen LogP contribution in [0.1, 0.15) is 15.9 Å². The molecule has 7 heteroatoms. The summed E-state index contributed by atoms with van der Waals surface area (Å²) in [6.07, 6.45) is 0. The van der Waals surface area contributed by atoms with Crippen molar-refractivity contribution >= 4 is 17.6 Å². The van der Waals surface area contributed by atoms with Gasteiger partial charge in [0.1, 0.15) is 22.9 Å². The Kier molecular flexibility index (Phi) is 5.94. The van der Waals surface area contributed by atoms with E-state index in [2.05, 4.69) is 5.32 Å². The van der Waals surface area contributed by atoms with Gasteiger partial charge in [0.2, 0.25) is 0 Å². The Bertz CT molecular complexity index is 791. The fourth-order valence-electron chi connectivity index (χ4n) is 2.04. The first-order valence-electron chi connectivity index (χ1n) is 7.39. The fraction of sp³-hybridized carbons (Fsp3) is 0.222. The Morgan fingerprint density at radius 2 is 1.84 bits per heavy atom. The van der Waals surface area contributed by atoms with Crippen LogP contribution in [0, 0.1) is 12.7 Å². The van der Waals surface area contributed by atoms with Crippen molar-refractivity contribution in [1.82, 2.24) is 0 Å². The monoisotopic (exact) mass is 347 g/mol. The summed E-state index contributed by atoms with van der Waals surface area (Å²) < 4.78 is 28.6. The first-order chi connectivity index (χ1) is 11.9. The van der Waals surface area contributed by atoms with Crippen LogP contribution in [-0.2, 0) is 9.53 Å². The highest BCUT2D eigenvalue weighted by atomic mass is 19.1. The summed E-state index contributed by atoms with van der Waals surface area (Å²) in [4.78, 5) is 23.9. The first kappa shape index (κ1) is 18.3. The predicted molar refractivity (Wildman–Crippen MR) is 89.6 cm³/mol. The number of rotatable bonds is 6. The topological polar surface area (TPSA) is 73.9 Å². The molecule has 1 N–H and O–H groups in total. The summed E-state index contributed by atoms with van der Waals surface area (Å²) in [5.74, 6) is -0.940. The van der Waals surface area contributed by atoms with Crippen LogP contribution in [0.25, 0.3) is 0 Å². The van der Waals surface area contributed by atoms with Crippen LogP contribution in [0.5, 0.6) is 11.5 Å². The van der Waals surface area contributed by atoms with Gasteiger partial charge < -0.3 is 19.5 Å². The number of hydrogen-bond acceptors (Lipinski definition) is 5. The lowest BCUT2D eigenvalue weighted by Gasteiger charge is -2.10. The van der Waals surface area contributed by atoms with E-state index in [1.165, 1.54) is 32.4 Å². The maximum atomic E-state index is 13.4. The molecule has 2 aromatic rings. The molecule has 0 saturated carbocycles. The zero-order chi connectivity index (χ0) is 18.4. The van der Waals surface area contributed by atoms with E-state index in [9.17, 15) is 14.0 Å². The van der Waals surface area contributed by atoms with Crippen LogP contribution < -0.4 is 14.8 Å². The van der Waals surface area contributed by atoms with E-state index in [0.29, 0.717) is 11.3 Å². The van der Waals surface area contributed by atoms with Gasteiger partial charge in [-0.2, -0.15) is 0 Å². The van der Waals surface area contributed by atoms with Gasteiger partial charge in [-0.05, 0) is 36.8 Å². The van der Waals surface area contributed by atoms with Gasteiger partial charge in [-0.25, -0.2) is 9.18 Å². The highest BCUT2D eigenvalue weighted by Crippen LogP contribution is 2.25. The maximum Gasteiger partial charge on any atom is 0.342 e. The number of carbonyl (C=O) groups excluding carboxylic acids is 2. The third-order valence-corrected chi connectivity index (χ3v) is 3.42. The van der Waals surface area contributed by atoms with E-state index < -0.39 is 24.3 Å². The Morgan fingerprint density at radius 3 is 2.48 bits per heavy atom. The van der Waals surface area contributed by atoms with Gasteiger partial charge in [0.05, 0.1) is 14.2 Å². The minimum atomic E-state index is -0.718. The zero-order valence-corrected chi connectivity index (χ0v) is 14.1. The van der Waals surface area contributed by atoms with Crippen molar-refractivity contribution in [1.29, 1.82) is 0 Å². The lowest BCUT2D eigenvalue weighted by atomic mass is 10.2. The Labute approximate surface area is 144 Å². The molecule has 2 rings (SSSR count). The molecule has 0 aliphatic rings. The van der Waals surface area contributed by atoms with Gasteiger partial charge in [-0.1, -0.05) is 6.07 Å². The second kappa shape index (κ2) is 8.14. The number of esters is 1. The molecule has 0 aliphatic carbocycles. The highest BCUT2D eigenvalue weighted by Gasteiger charge is 2.16. The third-order valence-electron chi connectivity index (χ3n) is 3.42. The molecular weight excluding hydrogens is 329 g/mol. The van der Waals surface area contributed by atoms with Crippen molar-refractivity contribution in [2.75, 3.05) is 26.1 Å². The van der Waals surface area contributed by atoms with Gasteiger partial charge in [0, 0.05) is 11.8 Å².